The molecule has 0 saturated heterocycles. The van der Waals surface area contributed by atoms with Crippen LogP contribution in [-0.2, 0) is 4.79 Å². The maximum atomic E-state index is 11.6. The first kappa shape index (κ1) is 22.3. The minimum Gasteiger partial charge on any atom is -0.372 e. The van der Waals surface area contributed by atoms with E-state index in [1.54, 1.807) is 13.8 Å². The van der Waals surface area contributed by atoms with Crippen molar-refractivity contribution in [2.45, 2.75) is 32.7 Å². The van der Waals surface area contributed by atoms with E-state index < -0.39 is 5.54 Å². The maximum Gasteiger partial charge on any atom is 0.239 e. The molecule has 122 valence electrons. The molecule has 1 aromatic carbocycles. The predicted molar refractivity (Wildman–Crippen MR) is 94.7 cm³/mol. The van der Waals surface area contributed by atoms with Gasteiger partial charge in [0.1, 0.15) is 0 Å². The molecule has 0 atom stereocenters. The highest BCUT2D eigenvalue weighted by molar-refractivity contribution is 5.85. The first-order valence-electron chi connectivity index (χ1n) is 6.82. The third kappa shape index (κ3) is 8.15. The highest BCUT2D eigenvalue weighted by atomic mass is 35.5. The van der Waals surface area contributed by atoms with Crippen LogP contribution in [0.4, 0.5) is 5.69 Å². The zero-order chi connectivity index (χ0) is 14.3. The average Bonchev–Trinajstić information content (AvgIpc) is 2.38. The Balaban J connectivity index is 0. The van der Waals surface area contributed by atoms with Gasteiger partial charge in [-0.25, -0.2) is 0 Å². The lowest BCUT2D eigenvalue weighted by molar-refractivity contribution is -0.125. The van der Waals surface area contributed by atoms with Crippen molar-refractivity contribution >= 4 is 36.4 Å². The number of amides is 1. The van der Waals surface area contributed by atoms with Gasteiger partial charge in [0.05, 0.1) is 5.54 Å². The number of nitrogens with zero attached hydrogens (tertiary/aromatic N) is 1. The first-order chi connectivity index (χ1) is 8.95. The van der Waals surface area contributed by atoms with E-state index in [-0.39, 0.29) is 30.7 Å². The van der Waals surface area contributed by atoms with Crippen LogP contribution in [0, 0.1) is 0 Å². The fraction of sp³-hybridized carbons (Fsp3) is 0.533. The standard InChI is InChI=1S/C15H25N3O.2ClH/c1-4-18(13-9-6-5-7-10-13)12-8-11-17-14(19)15(2,3)16;;/h5-7,9-10H,4,8,11-12,16H2,1-3H3,(H,17,19);2*1H. The van der Waals surface area contributed by atoms with Crippen molar-refractivity contribution in [3.8, 4) is 0 Å². The molecular weight excluding hydrogens is 309 g/mol. The Labute approximate surface area is 140 Å². The van der Waals surface area contributed by atoms with Crippen LogP contribution in [0.15, 0.2) is 30.3 Å². The van der Waals surface area contributed by atoms with Gasteiger partial charge < -0.3 is 16.0 Å². The van der Waals surface area contributed by atoms with Gasteiger partial charge in [-0.05, 0) is 39.3 Å². The average molecular weight is 336 g/mol. The Morgan fingerprint density at radius 1 is 1.24 bits per heavy atom. The zero-order valence-electron chi connectivity index (χ0n) is 13.0. The molecule has 0 unspecified atom stereocenters. The number of rotatable bonds is 7. The Bertz CT molecular complexity index is 394. The summed E-state index contributed by atoms with van der Waals surface area (Å²) in [5.41, 5.74) is 6.13. The minimum atomic E-state index is -0.802. The molecule has 0 radical (unpaired) electrons. The van der Waals surface area contributed by atoms with Gasteiger partial charge in [0.15, 0.2) is 0 Å². The SMILES string of the molecule is CCN(CCCNC(=O)C(C)(C)N)c1ccccc1.Cl.Cl. The quantitative estimate of drug-likeness (QED) is 0.753. The molecule has 0 aliphatic rings. The molecule has 6 heteroatoms. The van der Waals surface area contributed by atoms with Gasteiger partial charge >= 0.3 is 0 Å². The van der Waals surface area contributed by atoms with Gasteiger partial charge in [-0.15, -0.1) is 24.8 Å². The van der Waals surface area contributed by atoms with Crippen molar-refractivity contribution in [1.82, 2.24) is 5.32 Å². The van der Waals surface area contributed by atoms with E-state index in [2.05, 4.69) is 29.3 Å². The molecular formula is C15H27Cl2N3O. The molecule has 0 aromatic heterocycles. The highest BCUT2D eigenvalue weighted by Crippen LogP contribution is 2.12. The van der Waals surface area contributed by atoms with E-state index in [0.717, 1.165) is 19.5 Å². The van der Waals surface area contributed by atoms with Gasteiger partial charge in [-0.3, -0.25) is 4.79 Å². The second-order valence-corrected chi connectivity index (χ2v) is 5.25. The third-order valence-electron chi connectivity index (χ3n) is 2.98. The lowest BCUT2D eigenvalue weighted by Gasteiger charge is -2.23. The van der Waals surface area contributed by atoms with E-state index in [1.807, 2.05) is 18.2 Å². The molecule has 0 fully saturated rings. The molecule has 4 nitrogen and oxygen atoms in total. The molecule has 0 spiro atoms. The third-order valence-corrected chi connectivity index (χ3v) is 2.98. The fourth-order valence-corrected chi connectivity index (χ4v) is 1.81. The van der Waals surface area contributed by atoms with E-state index in [4.69, 9.17) is 5.73 Å². The number of para-hydroxylation sites is 1. The van der Waals surface area contributed by atoms with E-state index in [9.17, 15) is 4.79 Å². The van der Waals surface area contributed by atoms with Gasteiger partial charge in [0.2, 0.25) is 5.91 Å². The van der Waals surface area contributed by atoms with Crippen LogP contribution >= 0.6 is 24.8 Å². The minimum absolute atomic E-state index is 0. The van der Waals surface area contributed by atoms with Crippen molar-refractivity contribution in [3.63, 3.8) is 0 Å². The number of nitrogens with one attached hydrogen (secondary N) is 1. The van der Waals surface area contributed by atoms with E-state index >= 15 is 0 Å². The number of carbonyl (C=O) groups is 1. The topological polar surface area (TPSA) is 58.4 Å². The molecule has 0 heterocycles. The fourth-order valence-electron chi connectivity index (χ4n) is 1.81. The molecule has 1 amide bonds. The summed E-state index contributed by atoms with van der Waals surface area (Å²) in [6.07, 6.45) is 0.907. The van der Waals surface area contributed by atoms with E-state index in [1.165, 1.54) is 5.69 Å². The maximum absolute atomic E-state index is 11.6. The smallest absolute Gasteiger partial charge is 0.239 e. The second-order valence-electron chi connectivity index (χ2n) is 5.25. The first-order valence-corrected chi connectivity index (χ1v) is 6.82. The normalized spacial score (nSPS) is 10.1. The van der Waals surface area contributed by atoms with Gasteiger partial charge in [-0.1, -0.05) is 18.2 Å². The lowest BCUT2D eigenvalue weighted by Crippen LogP contribution is -2.49. The molecule has 1 rings (SSSR count). The zero-order valence-corrected chi connectivity index (χ0v) is 14.6. The Morgan fingerprint density at radius 2 is 1.81 bits per heavy atom. The van der Waals surface area contributed by atoms with Crippen LogP contribution in [0.5, 0.6) is 0 Å². The van der Waals surface area contributed by atoms with E-state index in [0.29, 0.717) is 6.54 Å². The van der Waals surface area contributed by atoms with Gasteiger partial charge in [0.25, 0.3) is 0 Å². The summed E-state index contributed by atoms with van der Waals surface area (Å²) >= 11 is 0. The summed E-state index contributed by atoms with van der Waals surface area (Å²) < 4.78 is 0. The van der Waals surface area contributed by atoms with Crippen LogP contribution in [0.25, 0.3) is 0 Å². The van der Waals surface area contributed by atoms with Crippen LogP contribution in [-0.4, -0.2) is 31.1 Å². The Hall–Kier alpha value is -0.970. The predicted octanol–water partition coefficient (Wildman–Crippen LogP) is 2.60. The summed E-state index contributed by atoms with van der Waals surface area (Å²) in [7, 11) is 0. The Morgan fingerprint density at radius 3 is 2.29 bits per heavy atom. The number of carbonyl (C=O) groups excluding carboxylic acids is 1. The van der Waals surface area contributed by atoms with Crippen molar-refractivity contribution < 1.29 is 4.79 Å². The number of hydrogen-bond acceptors (Lipinski definition) is 3. The molecule has 0 saturated carbocycles. The number of nitrogens with two attached hydrogens (primary N) is 1. The van der Waals surface area contributed by atoms with Crippen molar-refractivity contribution in [3.05, 3.63) is 30.3 Å². The number of benzene rings is 1. The summed E-state index contributed by atoms with van der Waals surface area (Å²) in [4.78, 5) is 13.9. The van der Waals surface area contributed by atoms with Crippen LogP contribution in [0.3, 0.4) is 0 Å². The Kier molecular flexibility index (Phi) is 11.4. The summed E-state index contributed by atoms with van der Waals surface area (Å²) in [6, 6.07) is 10.3. The largest absolute Gasteiger partial charge is 0.372 e. The molecule has 0 aliphatic carbocycles. The molecule has 0 bridgehead atoms. The number of hydrogen-bond donors (Lipinski definition) is 2. The van der Waals surface area contributed by atoms with Gasteiger partial charge in [0, 0.05) is 25.3 Å². The number of halogens is 2. The second kappa shape index (κ2) is 10.7. The summed E-state index contributed by atoms with van der Waals surface area (Å²) in [5, 5.41) is 2.86. The molecule has 1 aromatic rings. The summed E-state index contributed by atoms with van der Waals surface area (Å²) in [5.74, 6) is -0.102. The number of anilines is 1. The molecule has 21 heavy (non-hydrogen) atoms. The van der Waals surface area contributed by atoms with Crippen molar-refractivity contribution in [1.29, 1.82) is 0 Å². The van der Waals surface area contributed by atoms with Crippen molar-refractivity contribution in [2.24, 2.45) is 5.73 Å². The van der Waals surface area contributed by atoms with Crippen LogP contribution < -0.4 is 16.0 Å². The molecule has 0 aliphatic heterocycles. The van der Waals surface area contributed by atoms with Crippen LogP contribution in [0.2, 0.25) is 0 Å². The van der Waals surface area contributed by atoms with Crippen molar-refractivity contribution in [2.75, 3.05) is 24.5 Å². The lowest BCUT2D eigenvalue weighted by atomic mass is 10.1. The van der Waals surface area contributed by atoms with Crippen LogP contribution in [0.1, 0.15) is 27.2 Å². The highest BCUT2D eigenvalue weighted by Gasteiger charge is 2.20. The summed E-state index contributed by atoms with van der Waals surface area (Å²) in [6.45, 7) is 8.10. The monoisotopic (exact) mass is 335 g/mol. The van der Waals surface area contributed by atoms with Gasteiger partial charge in [-0.2, -0.15) is 0 Å². The molecule has 3 N–H and O–H groups in total.